The van der Waals surface area contributed by atoms with Gasteiger partial charge in [0.25, 0.3) is 0 Å². The van der Waals surface area contributed by atoms with Crippen LogP contribution in [0.3, 0.4) is 0 Å². The van der Waals surface area contributed by atoms with E-state index in [0.717, 1.165) is 51.4 Å². The molecule has 0 aromatic carbocycles. The summed E-state index contributed by atoms with van der Waals surface area (Å²) in [5.41, 5.74) is 0. The van der Waals surface area contributed by atoms with Gasteiger partial charge < -0.3 is 20.6 Å². The van der Waals surface area contributed by atoms with E-state index in [0.29, 0.717) is 6.42 Å². The summed E-state index contributed by atoms with van der Waals surface area (Å²) in [5, 5.41) is 33.4. The number of aliphatic hydroxyl groups excluding tert-OH is 3. The molecule has 0 saturated heterocycles. The van der Waals surface area contributed by atoms with Crippen LogP contribution in [0.5, 0.6) is 0 Å². The number of carbonyl (C=O) groups is 1. The molecule has 0 radical (unpaired) electrons. The largest absolute Gasteiger partial charge is 0.394 e. The molecule has 0 aliphatic heterocycles. The van der Waals surface area contributed by atoms with E-state index in [1.54, 1.807) is 6.08 Å². The molecule has 5 nitrogen and oxygen atoms in total. The average molecular weight is 981 g/mol. The fraction of sp³-hybridized carbons (Fsp3) is 0.831. The molecule has 0 aromatic heterocycles. The van der Waals surface area contributed by atoms with E-state index < -0.39 is 24.2 Å². The molecule has 0 bridgehead atoms. The highest BCUT2D eigenvalue weighted by Gasteiger charge is 2.22. The third kappa shape index (κ3) is 53.8. The minimum absolute atomic E-state index is 0.382. The molecule has 0 aliphatic carbocycles. The summed E-state index contributed by atoms with van der Waals surface area (Å²) in [7, 11) is 0. The topological polar surface area (TPSA) is 89.8 Å². The molecule has 0 heterocycles. The van der Waals surface area contributed by atoms with Crippen LogP contribution >= 0.6 is 0 Å². The van der Waals surface area contributed by atoms with E-state index >= 15 is 0 Å². The molecular formula is C65H121NO4. The van der Waals surface area contributed by atoms with Crippen molar-refractivity contribution in [2.24, 2.45) is 0 Å². The Morgan fingerprint density at radius 3 is 0.957 bits per heavy atom. The van der Waals surface area contributed by atoms with Crippen molar-refractivity contribution in [3.8, 4) is 0 Å². The van der Waals surface area contributed by atoms with Gasteiger partial charge in [-0.05, 0) is 77.0 Å². The van der Waals surface area contributed by atoms with Crippen molar-refractivity contribution in [2.75, 3.05) is 6.61 Å². The van der Waals surface area contributed by atoms with Crippen LogP contribution in [-0.2, 0) is 4.79 Å². The molecule has 3 unspecified atom stereocenters. The van der Waals surface area contributed by atoms with E-state index in [9.17, 15) is 20.1 Å². The number of unbranched alkanes of at least 4 members (excludes halogenated alkanes) is 41. The second-order valence-corrected chi connectivity index (χ2v) is 21.2. The molecule has 5 heteroatoms. The zero-order valence-corrected chi connectivity index (χ0v) is 46.9. The molecule has 0 fully saturated rings. The van der Waals surface area contributed by atoms with Crippen LogP contribution in [0.1, 0.15) is 322 Å². The predicted octanol–water partition coefficient (Wildman–Crippen LogP) is 19.7. The molecule has 4 N–H and O–H groups in total. The van der Waals surface area contributed by atoms with Gasteiger partial charge in [0.05, 0.1) is 18.8 Å². The van der Waals surface area contributed by atoms with Gasteiger partial charge >= 0.3 is 0 Å². The standard InChI is InChI=1S/C65H121NO4/c1-3-5-7-9-11-13-15-17-19-21-23-25-27-28-29-30-31-32-33-34-35-36-37-38-40-42-44-46-48-50-52-54-56-58-60-64(69)65(70)66-62(61-67)63(68)59-57-55-53-51-49-47-45-43-41-39-26-24-22-20-18-16-14-12-10-8-6-4-2/h27-28,30-31,41,43,49,51,57,59,62-64,67-69H,3-26,29,32-40,42,44-48,50,52-56,58,60-61H2,1-2H3,(H,66,70)/b28-27-,31-30-,43-41+,51-49+,59-57+. The Labute approximate surface area is 437 Å². The van der Waals surface area contributed by atoms with Crippen LogP contribution in [0, 0.1) is 0 Å². The van der Waals surface area contributed by atoms with Crippen LogP contribution < -0.4 is 5.32 Å². The van der Waals surface area contributed by atoms with Gasteiger partial charge in [-0.25, -0.2) is 0 Å². The van der Waals surface area contributed by atoms with Crippen LogP contribution in [0.4, 0.5) is 0 Å². The van der Waals surface area contributed by atoms with Gasteiger partial charge in [0.1, 0.15) is 6.10 Å². The van der Waals surface area contributed by atoms with Crippen molar-refractivity contribution in [1.82, 2.24) is 5.32 Å². The van der Waals surface area contributed by atoms with Crippen molar-refractivity contribution in [3.63, 3.8) is 0 Å². The maximum Gasteiger partial charge on any atom is 0.249 e. The zero-order valence-electron chi connectivity index (χ0n) is 46.9. The van der Waals surface area contributed by atoms with E-state index in [-0.39, 0.29) is 6.61 Å². The molecule has 0 rings (SSSR count). The minimum Gasteiger partial charge on any atom is -0.394 e. The SMILES string of the molecule is CCCCCCCCCCCCC/C=C\C/C=C\CCCCCCCCCCCCCCCCCCC(O)C(=O)NC(CO)C(O)/C=C/CC/C=C/CC/C=C/CCCCCCCCCCCCCC. The molecule has 0 aromatic rings. The molecule has 3 atom stereocenters. The number of amides is 1. The van der Waals surface area contributed by atoms with E-state index in [1.165, 1.54) is 250 Å². The number of nitrogens with one attached hydrogen (secondary N) is 1. The second-order valence-electron chi connectivity index (χ2n) is 21.2. The average Bonchev–Trinajstić information content (AvgIpc) is 3.36. The smallest absolute Gasteiger partial charge is 0.249 e. The maximum atomic E-state index is 12.6. The Hall–Kier alpha value is -1.95. The highest BCUT2D eigenvalue weighted by Crippen LogP contribution is 2.17. The third-order valence-corrected chi connectivity index (χ3v) is 14.3. The van der Waals surface area contributed by atoms with Gasteiger partial charge in [-0.15, -0.1) is 0 Å². The minimum atomic E-state index is -1.11. The summed E-state index contributed by atoms with van der Waals surface area (Å²) >= 11 is 0. The van der Waals surface area contributed by atoms with E-state index in [4.69, 9.17) is 0 Å². The Bertz CT molecular complexity index is 1170. The van der Waals surface area contributed by atoms with Crippen molar-refractivity contribution in [1.29, 1.82) is 0 Å². The Kier molecular flexibility index (Phi) is 58.0. The van der Waals surface area contributed by atoms with Crippen molar-refractivity contribution in [3.05, 3.63) is 60.8 Å². The Morgan fingerprint density at radius 2 is 0.629 bits per heavy atom. The first-order valence-corrected chi connectivity index (χ1v) is 31.1. The first-order valence-electron chi connectivity index (χ1n) is 31.1. The third-order valence-electron chi connectivity index (χ3n) is 14.3. The number of aliphatic hydroxyl groups is 3. The summed E-state index contributed by atoms with van der Waals surface area (Å²) in [6.45, 7) is 4.20. The highest BCUT2D eigenvalue weighted by molar-refractivity contribution is 5.80. The second kappa shape index (κ2) is 59.6. The molecule has 1 amide bonds. The van der Waals surface area contributed by atoms with Crippen LogP contribution in [-0.4, -0.2) is 46.1 Å². The van der Waals surface area contributed by atoms with E-state index in [1.807, 2.05) is 6.08 Å². The van der Waals surface area contributed by atoms with Gasteiger partial charge in [0.2, 0.25) is 5.91 Å². The normalized spacial score (nSPS) is 13.6. The Morgan fingerprint density at radius 1 is 0.357 bits per heavy atom. The number of hydrogen-bond acceptors (Lipinski definition) is 4. The molecular weight excluding hydrogens is 859 g/mol. The summed E-state index contributed by atoms with van der Waals surface area (Å²) in [6, 6.07) is -0.824. The van der Waals surface area contributed by atoms with Gasteiger partial charge in [-0.3, -0.25) is 4.79 Å². The lowest BCUT2D eigenvalue weighted by Crippen LogP contribution is -2.48. The predicted molar refractivity (Wildman–Crippen MR) is 310 cm³/mol. The lowest BCUT2D eigenvalue weighted by Gasteiger charge is -2.21. The van der Waals surface area contributed by atoms with Gasteiger partial charge in [0.15, 0.2) is 0 Å². The maximum absolute atomic E-state index is 12.6. The van der Waals surface area contributed by atoms with Crippen LogP contribution in [0.25, 0.3) is 0 Å². The molecule has 0 spiro atoms. The van der Waals surface area contributed by atoms with Crippen molar-refractivity contribution >= 4 is 5.91 Å². The number of hydrogen-bond donors (Lipinski definition) is 4. The van der Waals surface area contributed by atoms with Crippen LogP contribution in [0.15, 0.2) is 60.8 Å². The first kappa shape index (κ1) is 68.0. The number of rotatable bonds is 57. The van der Waals surface area contributed by atoms with Gasteiger partial charge in [0, 0.05) is 0 Å². The summed E-state index contributed by atoms with van der Waals surface area (Å²) < 4.78 is 0. The lowest BCUT2D eigenvalue weighted by molar-refractivity contribution is -0.131. The van der Waals surface area contributed by atoms with Crippen molar-refractivity contribution in [2.45, 2.75) is 340 Å². The lowest BCUT2D eigenvalue weighted by atomic mass is 10.0. The Balaban J connectivity index is 3.58. The molecule has 0 saturated carbocycles. The van der Waals surface area contributed by atoms with Gasteiger partial charge in [-0.1, -0.05) is 306 Å². The monoisotopic (exact) mass is 980 g/mol. The van der Waals surface area contributed by atoms with Gasteiger partial charge in [-0.2, -0.15) is 0 Å². The number of allylic oxidation sites excluding steroid dienone is 9. The molecule has 410 valence electrons. The molecule has 70 heavy (non-hydrogen) atoms. The fourth-order valence-corrected chi connectivity index (χ4v) is 9.49. The fourth-order valence-electron chi connectivity index (χ4n) is 9.49. The first-order chi connectivity index (χ1) is 34.6. The summed E-state index contributed by atoms with van der Waals surface area (Å²) in [4.78, 5) is 12.6. The van der Waals surface area contributed by atoms with Crippen LogP contribution in [0.2, 0.25) is 0 Å². The summed E-state index contributed by atoms with van der Waals surface area (Å²) in [6.07, 6.45) is 81.8. The zero-order chi connectivity index (χ0) is 50.7. The quantitative estimate of drug-likeness (QED) is 0.0361. The highest BCUT2D eigenvalue weighted by atomic mass is 16.3. The molecule has 0 aliphatic rings. The summed E-state index contributed by atoms with van der Waals surface area (Å²) in [5.74, 6) is -0.514. The van der Waals surface area contributed by atoms with E-state index in [2.05, 4.69) is 67.8 Å². The van der Waals surface area contributed by atoms with Crippen molar-refractivity contribution < 1.29 is 20.1 Å². The number of carbonyl (C=O) groups excluding carboxylic acids is 1.